The Morgan fingerprint density at radius 2 is 0.774 bits per heavy atom. The summed E-state index contributed by atoms with van der Waals surface area (Å²) in [7, 11) is 0. The lowest BCUT2D eigenvalue weighted by Crippen LogP contribution is -1.58. The van der Waals surface area contributed by atoms with E-state index in [1.54, 1.807) is 22.7 Å². The Kier molecular flexibility index (Phi) is 5.74. The first-order valence-corrected chi connectivity index (χ1v) is 15.3. The van der Waals surface area contributed by atoms with Crippen LogP contribution in [0.1, 0.15) is 0 Å². The molecule has 0 bridgehead atoms. The van der Waals surface area contributed by atoms with Crippen molar-refractivity contribution in [2.45, 2.75) is 8.42 Å². The van der Waals surface area contributed by atoms with Crippen molar-refractivity contribution < 1.29 is 0 Å². The molecule has 0 saturated carbocycles. The molecule has 6 aromatic heterocycles. The molecule has 6 heterocycles. The third kappa shape index (κ3) is 4.28. The van der Waals surface area contributed by atoms with Gasteiger partial charge in [0.2, 0.25) is 0 Å². The third-order valence-corrected chi connectivity index (χ3v) is 12.7. The molecule has 0 fully saturated rings. The molecular weight excluding hydrogens is 513 g/mol. The fourth-order valence-corrected chi connectivity index (χ4v) is 10.5. The van der Waals surface area contributed by atoms with Gasteiger partial charge in [-0.25, -0.2) is 0 Å². The second-order valence-corrected chi connectivity index (χ2v) is 14.5. The van der Waals surface area contributed by atoms with Crippen LogP contribution in [0.2, 0.25) is 0 Å². The molecule has 0 saturated heterocycles. The van der Waals surface area contributed by atoms with Crippen LogP contribution >= 0.6 is 79.8 Å². The minimum absolute atomic E-state index is 1.35. The molecule has 0 atom stereocenters. The average Bonchev–Trinajstić information content (AvgIpc) is 3.61. The van der Waals surface area contributed by atoms with Gasteiger partial charge in [-0.1, -0.05) is 23.9 Å². The third-order valence-electron chi connectivity index (χ3n) is 4.59. The molecule has 152 valence electrons. The molecule has 0 nitrogen and oxygen atoms in total. The van der Waals surface area contributed by atoms with Gasteiger partial charge in [-0.05, 0) is 71.4 Å². The number of thiophene rings is 6. The number of rotatable bonds is 6. The predicted molar refractivity (Wildman–Crippen MR) is 146 cm³/mol. The van der Waals surface area contributed by atoms with E-state index in [1.807, 2.05) is 57.1 Å². The van der Waals surface area contributed by atoms with Crippen molar-refractivity contribution in [3.63, 3.8) is 0 Å². The lowest BCUT2D eigenvalue weighted by atomic mass is 10.3. The van der Waals surface area contributed by atoms with E-state index in [0.29, 0.717) is 0 Å². The molecule has 0 aliphatic rings. The number of hydrogen-bond acceptors (Lipinski definition) is 7. The Morgan fingerprint density at radius 3 is 1.19 bits per heavy atom. The van der Waals surface area contributed by atoms with Crippen molar-refractivity contribution in [2.75, 3.05) is 0 Å². The highest BCUT2D eigenvalue weighted by Gasteiger charge is 2.12. The zero-order valence-corrected chi connectivity index (χ0v) is 21.7. The molecule has 31 heavy (non-hydrogen) atoms. The van der Waals surface area contributed by atoms with Crippen LogP contribution in [0.4, 0.5) is 0 Å². The van der Waals surface area contributed by atoms with Gasteiger partial charge in [0.25, 0.3) is 0 Å². The van der Waals surface area contributed by atoms with Gasteiger partial charge in [-0.3, -0.25) is 0 Å². The van der Waals surface area contributed by atoms with E-state index in [2.05, 4.69) is 83.6 Å². The van der Waals surface area contributed by atoms with Crippen LogP contribution in [-0.4, -0.2) is 0 Å². The van der Waals surface area contributed by atoms with Gasteiger partial charge in [0.1, 0.15) is 0 Å². The van der Waals surface area contributed by atoms with E-state index in [1.165, 1.54) is 47.4 Å². The Morgan fingerprint density at radius 1 is 0.387 bits per heavy atom. The quantitative estimate of drug-likeness (QED) is 0.208. The van der Waals surface area contributed by atoms with Crippen LogP contribution in [0.3, 0.4) is 0 Å². The Bertz CT molecular complexity index is 1300. The van der Waals surface area contributed by atoms with Gasteiger partial charge in [-0.2, -0.15) is 0 Å². The molecule has 6 rings (SSSR count). The molecule has 0 N–H and O–H groups in total. The van der Waals surface area contributed by atoms with Gasteiger partial charge in [-0.15, -0.1) is 68.0 Å². The summed E-state index contributed by atoms with van der Waals surface area (Å²) >= 11 is 13.0. The lowest BCUT2D eigenvalue weighted by molar-refractivity contribution is 1.67. The molecule has 0 unspecified atom stereocenters. The molecule has 0 aromatic carbocycles. The summed E-state index contributed by atoms with van der Waals surface area (Å²) in [4.78, 5) is 10.8. The first-order valence-electron chi connectivity index (χ1n) is 9.47. The SMILES string of the molecule is c1csc(-c2ccc(-c3ccc(Sc4ccc(-c5ccc(-c6cccs6)s5)s4)s3)s2)c1. The Labute approximate surface area is 209 Å². The maximum absolute atomic E-state index is 2.26. The van der Waals surface area contributed by atoms with E-state index in [0.717, 1.165) is 0 Å². The normalized spacial score (nSPS) is 11.4. The summed E-state index contributed by atoms with van der Waals surface area (Å²) in [5.74, 6) is 0. The van der Waals surface area contributed by atoms with Crippen molar-refractivity contribution in [2.24, 2.45) is 0 Å². The van der Waals surface area contributed by atoms with Gasteiger partial charge in [0.05, 0.1) is 8.42 Å². The van der Waals surface area contributed by atoms with Crippen LogP contribution in [0.25, 0.3) is 39.0 Å². The highest BCUT2D eigenvalue weighted by Crippen LogP contribution is 2.46. The summed E-state index contributed by atoms with van der Waals surface area (Å²) < 4.78 is 2.69. The zero-order chi connectivity index (χ0) is 20.6. The molecule has 0 spiro atoms. The van der Waals surface area contributed by atoms with Gasteiger partial charge >= 0.3 is 0 Å². The fourth-order valence-electron chi connectivity index (χ4n) is 3.16. The summed E-state index contributed by atoms with van der Waals surface area (Å²) in [6, 6.07) is 26.7. The molecule has 0 aliphatic heterocycles. The topological polar surface area (TPSA) is 0 Å². The van der Waals surface area contributed by atoms with Crippen molar-refractivity contribution in [3.05, 3.63) is 83.6 Å². The maximum Gasteiger partial charge on any atom is 0.0661 e. The van der Waals surface area contributed by atoms with Crippen molar-refractivity contribution in [3.8, 4) is 39.0 Å². The van der Waals surface area contributed by atoms with Crippen LogP contribution in [0.5, 0.6) is 0 Å². The molecule has 0 amide bonds. The minimum atomic E-state index is 1.35. The fraction of sp³-hybridized carbons (Fsp3) is 0. The monoisotopic (exact) mass is 526 g/mol. The van der Waals surface area contributed by atoms with Gasteiger partial charge in [0, 0.05) is 39.0 Å². The molecule has 7 heteroatoms. The van der Waals surface area contributed by atoms with E-state index in [9.17, 15) is 0 Å². The first kappa shape index (κ1) is 20.2. The molecule has 0 aliphatic carbocycles. The standard InChI is InChI=1S/C24H14S7/c1-3-15(25-13-1)17-5-7-19(27-17)21-9-11-23(29-21)31-24-12-10-22(30-24)20-8-6-18(28-20)16-4-2-14-26-16/h1-14H. The highest BCUT2D eigenvalue weighted by atomic mass is 32.2. The van der Waals surface area contributed by atoms with E-state index < -0.39 is 0 Å². The van der Waals surface area contributed by atoms with E-state index in [-0.39, 0.29) is 0 Å². The molecule has 0 radical (unpaired) electrons. The van der Waals surface area contributed by atoms with Crippen LogP contribution < -0.4 is 0 Å². The summed E-state index contributed by atoms with van der Waals surface area (Å²) in [6.45, 7) is 0. The van der Waals surface area contributed by atoms with Crippen LogP contribution in [0, 0.1) is 0 Å². The van der Waals surface area contributed by atoms with Crippen LogP contribution in [0.15, 0.2) is 92.0 Å². The average molecular weight is 527 g/mol. The second kappa shape index (κ2) is 8.83. The van der Waals surface area contributed by atoms with Crippen LogP contribution in [-0.2, 0) is 0 Å². The van der Waals surface area contributed by atoms with Gasteiger partial charge < -0.3 is 0 Å². The predicted octanol–water partition coefficient (Wildman–Crippen LogP) is 10.9. The van der Waals surface area contributed by atoms with Crippen molar-refractivity contribution in [1.29, 1.82) is 0 Å². The molecule has 6 aromatic rings. The van der Waals surface area contributed by atoms with Crippen molar-refractivity contribution in [1.82, 2.24) is 0 Å². The minimum Gasteiger partial charge on any atom is -0.143 e. The first-order chi connectivity index (χ1) is 15.3. The highest BCUT2D eigenvalue weighted by molar-refractivity contribution is 8.03. The van der Waals surface area contributed by atoms with Gasteiger partial charge in [0.15, 0.2) is 0 Å². The number of hydrogen-bond donors (Lipinski definition) is 0. The summed E-state index contributed by atoms with van der Waals surface area (Å²) in [5, 5.41) is 4.28. The summed E-state index contributed by atoms with van der Waals surface area (Å²) in [5.41, 5.74) is 0. The largest absolute Gasteiger partial charge is 0.143 e. The van der Waals surface area contributed by atoms with E-state index >= 15 is 0 Å². The smallest absolute Gasteiger partial charge is 0.0661 e. The Hall–Kier alpha value is -1.45. The lowest BCUT2D eigenvalue weighted by Gasteiger charge is -1.94. The molecular formula is C24H14S7. The zero-order valence-electron chi connectivity index (χ0n) is 15.9. The Balaban J connectivity index is 1.18. The maximum atomic E-state index is 2.26. The van der Waals surface area contributed by atoms with Crippen molar-refractivity contribution >= 4 is 79.8 Å². The van der Waals surface area contributed by atoms with E-state index in [4.69, 9.17) is 0 Å². The summed E-state index contributed by atoms with van der Waals surface area (Å²) in [6.07, 6.45) is 0. The second-order valence-electron chi connectivity index (χ2n) is 6.62.